The van der Waals surface area contributed by atoms with Gasteiger partial charge in [0.15, 0.2) is 0 Å². The second-order valence-electron chi connectivity index (χ2n) is 9.82. The molecule has 0 radical (unpaired) electrons. The van der Waals surface area contributed by atoms with Crippen LogP contribution in [0.1, 0.15) is 63.8 Å². The molecule has 36 heavy (non-hydrogen) atoms. The quantitative estimate of drug-likeness (QED) is 0.218. The molecular formula is C32H34O4. The van der Waals surface area contributed by atoms with Gasteiger partial charge in [-0.2, -0.15) is 0 Å². The zero-order chi connectivity index (χ0) is 26.2. The first-order valence-electron chi connectivity index (χ1n) is 12.3. The molecule has 1 unspecified atom stereocenters. The predicted molar refractivity (Wildman–Crippen MR) is 144 cm³/mol. The van der Waals surface area contributed by atoms with Crippen LogP contribution in [-0.4, -0.2) is 20.4 Å². The number of aromatic hydroxyl groups is 4. The van der Waals surface area contributed by atoms with Gasteiger partial charge in [-0.3, -0.25) is 0 Å². The lowest BCUT2D eigenvalue weighted by molar-refractivity contribution is 0.446. The normalized spacial score (nSPS) is 12.5. The highest BCUT2D eigenvalue weighted by Crippen LogP contribution is 2.53. The van der Waals surface area contributed by atoms with Crippen LogP contribution in [0.2, 0.25) is 0 Å². The fraction of sp³-hybridized carbons (Fsp3) is 0.250. The van der Waals surface area contributed by atoms with Crippen LogP contribution in [0.25, 0.3) is 0 Å². The molecule has 4 aromatic rings. The maximum atomic E-state index is 10.4. The van der Waals surface area contributed by atoms with E-state index >= 15 is 0 Å². The third-order valence-electron chi connectivity index (χ3n) is 7.51. The minimum Gasteiger partial charge on any atom is -0.508 e. The van der Waals surface area contributed by atoms with Crippen LogP contribution in [0, 0.1) is 27.7 Å². The largest absolute Gasteiger partial charge is 0.508 e. The van der Waals surface area contributed by atoms with Crippen molar-refractivity contribution in [2.24, 2.45) is 0 Å². The van der Waals surface area contributed by atoms with Crippen LogP contribution in [0.3, 0.4) is 0 Å². The van der Waals surface area contributed by atoms with Crippen molar-refractivity contribution < 1.29 is 20.4 Å². The Morgan fingerprint density at radius 2 is 0.861 bits per heavy atom. The zero-order valence-electron chi connectivity index (χ0n) is 21.5. The molecule has 0 saturated heterocycles. The van der Waals surface area contributed by atoms with Gasteiger partial charge in [0.05, 0.1) is 5.41 Å². The average Bonchev–Trinajstić information content (AvgIpc) is 2.85. The van der Waals surface area contributed by atoms with E-state index in [1.54, 1.807) is 24.3 Å². The van der Waals surface area contributed by atoms with Gasteiger partial charge in [-0.15, -0.1) is 0 Å². The smallest absolute Gasteiger partial charge is 0.118 e. The van der Waals surface area contributed by atoms with Crippen LogP contribution in [0.15, 0.2) is 72.8 Å². The summed E-state index contributed by atoms with van der Waals surface area (Å²) in [5.41, 5.74) is 6.40. The molecule has 0 aliphatic rings. The molecule has 1 atom stereocenters. The molecule has 4 heteroatoms. The van der Waals surface area contributed by atoms with Gasteiger partial charge in [-0.25, -0.2) is 0 Å². The second-order valence-corrected chi connectivity index (χ2v) is 9.82. The van der Waals surface area contributed by atoms with Crippen molar-refractivity contribution >= 4 is 0 Å². The Labute approximate surface area is 213 Å². The molecule has 0 aliphatic carbocycles. The molecule has 4 nitrogen and oxygen atoms in total. The van der Waals surface area contributed by atoms with Crippen LogP contribution < -0.4 is 0 Å². The van der Waals surface area contributed by atoms with Crippen molar-refractivity contribution in [1.82, 2.24) is 0 Å². The Morgan fingerprint density at radius 1 is 0.528 bits per heavy atom. The number of aryl methyl sites for hydroxylation is 4. The Morgan fingerprint density at radius 3 is 1.17 bits per heavy atom. The summed E-state index contributed by atoms with van der Waals surface area (Å²) in [4.78, 5) is 0. The molecule has 186 valence electrons. The van der Waals surface area contributed by atoms with Gasteiger partial charge >= 0.3 is 0 Å². The van der Waals surface area contributed by atoms with Crippen LogP contribution >= 0.6 is 0 Å². The van der Waals surface area contributed by atoms with Gasteiger partial charge < -0.3 is 20.4 Å². The highest BCUT2D eigenvalue weighted by Gasteiger charge is 2.44. The Hall–Kier alpha value is -3.92. The fourth-order valence-electron chi connectivity index (χ4n) is 5.49. The highest BCUT2D eigenvalue weighted by atomic mass is 16.3. The summed E-state index contributed by atoms with van der Waals surface area (Å²) < 4.78 is 0. The predicted octanol–water partition coefficient (Wildman–Crippen LogP) is 7.27. The number of phenols is 4. The molecule has 4 aromatic carbocycles. The molecule has 0 fully saturated rings. The highest BCUT2D eigenvalue weighted by molar-refractivity contribution is 5.59. The average molecular weight is 483 g/mol. The summed E-state index contributed by atoms with van der Waals surface area (Å²) in [6, 6.07) is 22.9. The van der Waals surface area contributed by atoms with E-state index in [1.807, 2.05) is 76.2 Å². The van der Waals surface area contributed by atoms with Crippen LogP contribution in [0.4, 0.5) is 0 Å². The van der Waals surface area contributed by atoms with Gasteiger partial charge in [0.2, 0.25) is 0 Å². The maximum absolute atomic E-state index is 10.4. The van der Waals surface area contributed by atoms with Crippen LogP contribution in [-0.2, 0) is 5.41 Å². The summed E-state index contributed by atoms with van der Waals surface area (Å²) in [7, 11) is 0. The van der Waals surface area contributed by atoms with E-state index in [4.69, 9.17) is 0 Å². The Balaban J connectivity index is 2.20. The monoisotopic (exact) mass is 482 g/mol. The van der Waals surface area contributed by atoms with Gasteiger partial charge in [0.25, 0.3) is 0 Å². The van der Waals surface area contributed by atoms with Gasteiger partial charge in [-0.05, 0) is 103 Å². The number of hydrogen-bond acceptors (Lipinski definition) is 4. The van der Waals surface area contributed by atoms with Gasteiger partial charge in [0.1, 0.15) is 23.0 Å². The number of benzene rings is 4. The molecular weight excluding hydrogens is 448 g/mol. The summed E-state index contributed by atoms with van der Waals surface area (Å²) in [6.45, 7) is 9.71. The zero-order valence-corrected chi connectivity index (χ0v) is 21.5. The Bertz CT molecular complexity index is 1290. The van der Waals surface area contributed by atoms with Crippen molar-refractivity contribution in [2.75, 3.05) is 0 Å². The number of phenolic OH excluding ortho intramolecular Hbond substituents is 4. The first-order valence-corrected chi connectivity index (χ1v) is 12.3. The maximum Gasteiger partial charge on any atom is 0.118 e. The summed E-state index contributed by atoms with van der Waals surface area (Å²) in [5, 5.41) is 41.5. The van der Waals surface area contributed by atoms with Crippen molar-refractivity contribution in [3.8, 4) is 23.0 Å². The SMILES string of the molecule is CCC(c1ccc(O)c(C)c1)C(c1ccc(O)c(C)c1)(c1ccc(O)c(C)c1)c1ccc(O)c(C)c1. The summed E-state index contributed by atoms with van der Waals surface area (Å²) in [5.74, 6) is 0.856. The topological polar surface area (TPSA) is 80.9 Å². The second kappa shape index (κ2) is 9.62. The van der Waals surface area contributed by atoms with E-state index in [2.05, 4.69) is 6.92 Å². The van der Waals surface area contributed by atoms with E-state index in [0.717, 1.165) is 50.9 Å². The molecule has 0 aromatic heterocycles. The molecule has 0 amide bonds. The molecule has 0 heterocycles. The van der Waals surface area contributed by atoms with Gasteiger partial charge in [0, 0.05) is 5.92 Å². The van der Waals surface area contributed by atoms with Gasteiger partial charge in [-0.1, -0.05) is 55.5 Å². The summed E-state index contributed by atoms with van der Waals surface area (Å²) >= 11 is 0. The minimum absolute atomic E-state index is 0.0753. The number of rotatable bonds is 6. The lowest BCUT2D eigenvalue weighted by Gasteiger charge is -2.43. The van der Waals surface area contributed by atoms with E-state index in [1.165, 1.54) is 0 Å². The first-order chi connectivity index (χ1) is 17.1. The standard InChI is InChI=1S/C32H34O4/c1-6-27(23-7-11-28(33)19(2)15-23)32(24-8-12-29(34)20(3)16-24,25-9-13-30(35)21(4)17-25)26-10-14-31(36)22(5)18-26/h7-18,27,33-36H,6H2,1-5H3. The third-order valence-corrected chi connectivity index (χ3v) is 7.51. The summed E-state index contributed by atoms with van der Waals surface area (Å²) in [6.07, 6.45) is 0.768. The van der Waals surface area contributed by atoms with E-state index in [0.29, 0.717) is 0 Å². The molecule has 0 aliphatic heterocycles. The first kappa shape index (κ1) is 25.2. The van der Waals surface area contributed by atoms with E-state index in [-0.39, 0.29) is 28.9 Å². The van der Waals surface area contributed by atoms with Crippen molar-refractivity contribution in [2.45, 2.75) is 52.4 Å². The van der Waals surface area contributed by atoms with Crippen molar-refractivity contribution in [3.63, 3.8) is 0 Å². The minimum atomic E-state index is -0.729. The molecule has 0 saturated carbocycles. The molecule has 4 rings (SSSR count). The Kier molecular flexibility index (Phi) is 6.73. The fourth-order valence-corrected chi connectivity index (χ4v) is 5.49. The van der Waals surface area contributed by atoms with E-state index < -0.39 is 5.41 Å². The molecule has 0 spiro atoms. The number of hydrogen-bond donors (Lipinski definition) is 4. The third kappa shape index (κ3) is 4.17. The lowest BCUT2D eigenvalue weighted by Crippen LogP contribution is -2.37. The van der Waals surface area contributed by atoms with Crippen molar-refractivity contribution in [1.29, 1.82) is 0 Å². The van der Waals surface area contributed by atoms with E-state index in [9.17, 15) is 20.4 Å². The molecule has 0 bridgehead atoms. The van der Waals surface area contributed by atoms with Crippen LogP contribution in [0.5, 0.6) is 23.0 Å². The van der Waals surface area contributed by atoms with Crippen molar-refractivity contribution in [3.05, 3.63) is 117 Å². The molecule has 4 N–H and O–H groups in total. The lowest BCUT2D eigenvalue weighted by atomic mass is 9.58.